The molecule has 1 heterocycles. The van der Waals surface area contributed by atoms with Crippen LogP contribution in [0.5, 0.6) is 5.75 Å². The number of methoxy groups -OCH3 is 1. The number of nitrogen functional groups attached to an aromatic ring is 1. The molecule has 3 N–H and O–H groups in total. The van der Waals surface area contributed by atoms with Gasteiger partial charge in [-0.2, -0.15) is 5.10 Å². The van der Waals surface area contributed by atoms with Gasteiger partial charge in [-0.3, -0.25) is 10.1 Å². The minimum absolute atomic E-state index is 0.160. The fourth-order valence-corrected chi connectivity index (χ4v) is 1.56. The molecule has 20 heavy (non-hydrogen) atoms. The van der Waals surface area contributed by atoms with Crippen molar-refractivity contribution in [2.24, 2.45) is 0 Å². The second-order valence-electron chi connectivity index (χ2n) is 4.22. The molecule has 7 nitrogen and oxygen atoms in total. The summed E-state index contributed by atoms with van der Waals surface area (Å²) in [6.45, 7) is 3.59. The molecule has 0 spiro atoms. The molecule has 0 aliphatic rings. The molecule has 0 fully saturated rings. The van der Waals surface area contributed by atoms with Crippen LogP contribution in [0.4, 0.5) is 11.6 Å². The van der Waals surface area contributed by atoms with Gasteiger partial charge in [-0.05, 0) is 32.0 Å². The molecule has 0 unspecified atom stereocenters. The normalized spacial score (nSPS) is 10.2. The molecule has 2 rings (SSSR count). The Labute approximate surface area is 116 Å². The van der Waals surface area contributed by atoms with E-state index in [1.807, 2.05) is 0 Å². The van der Waals surface area contributed by atoms with Crippen molar-refractivity contribution >= 4 is 17.5 Å². The zero-order valence-corrected chi connectivity index (χ0v) is 11.5. The first-order valence-corrected chi connectivity index (χ1v) is 5.94. The second kappa shape index (κ2) is 5.52. The smallest absolute Gasteiger partial charge is 0.258 e. The fraction of sp³-hybridized carbons (Fsp3) is 0.231. The minimum atomic E-state index is -0.357. The summed E-state index contributed by atoms with van der Waals surface area (Å²) < 4.78 is 5.04. The van der Waals surface area contributed by atoms with Gasteiger partial charge in [0.05, 0.1) is 24.2 Å². The quantitative estimate of drug-likeness (QED) is 0.818. The van der Waals surface area contributed by atoms with E-state index in [2.05, 4.69) is 20.5 Å². The molecular weight excluding hydrogens is 258 g/mol. The van der Waals surface area contributed by atoms with Crippen LogP contribution in [0.3, 0.4) is 0 Å². The monoisotopic (exact) mass is 273 g/mol. The van der Waals surface area contributed by atoms with Crippen molar-refractivity contribution in [3.05, 3.63) is 35.2 Å². The summed E-state index contributed by atoms with van der Waals surface area (Å²) in [6.07, 6.45) is 0. The van der Waals surface area contributed by atoms with Crippen molar-refractivity contribution in [3.8, 4) is 5.75 Å². The third kappa shape index (κ3) is 2.82. The van der Waals surface area contributed by atoms with Gasteiger partial charge in [-0.1, -0.05) is 0 Å². The Bertz CT molecular complexity index is 657. The number of nitrogens with zero attached hydrogens (tertiary/aromatic N) is 3. The van der Waals surface area contributed by atoms with E-state index in [-0.39, 0.29) is 11.9 Å². The number of hydrogen-bond donors (Lipinski definition) is 2. The number of benzene rings is 1. The number of hydrogen-bond acceptors (Lipinski definition) is 6. The number of nitrogens with two attached hydrogens (primary N) is 1. The molecule has 1 aromatic carbocycles. The van der Waals surface area contributed by atoms with Crippen LogP contribution >= 0.6 is 0 Å². The van der Waals surface area contributed by atoms with Gasteiger partial charge in [-0.15, -0.1) is 5.10 Å². The Morgan fingerprint density at radius 1 is 1.25 bits per heavy atom. The Kier molecular flexibility index (Phi) is 3.79. The fourth-order valence-electron chi connectivity index (χ4n) is 1.56. The van der Waals surface area contributed by atoms with E-state index in [0.29, 0.717) is 22.7 Å². The average molecular weight is 273 g/mol. The van der Waals surface area contributed by atoms with E-state index >= 15 is 0 Å². The molecule has 0 bridgehead atoms. The number of carbonyl (C=O) groups is 1. The lowest BCUT2D eigenvalue weighted by Gasteiger charge is -2.07. The Hall–Kier alpha value is -2.70. The highest BCUT2D eigenvalue weighted by molar-refractivity contribution is 6.04. The summed E-state index contributed by atoms with van der Waals surface area (Å²) >= 11 is 0. The largest absolute Gasteiger partial charge is 0.495 e. The average Bonchev–Trinajstić information content (AvgIpc) is 2.42. The molecule has 0 radical (unpaired) electrons. The molecule has 0 atom stereocenters. The Morgan fingerprint density at radius 3 is 2.60 bits per heavy atom. The van der Waals surface area contributed by atoms with E-state index < -0.39 is 0 Å². The van der Waals surface area contributed by atoms with E-state index in [0.717, 1.165) is 5.69 Å². The predicted octanol–water partition coefficient (Wildman–Crippen LogP) is 1.33. The number of aryl methyl sites for hydroxylation is 2. The molecule has 7 heteroatoms. The van der Waals surface area contributed by atoms with Crippen molar-refractivity contribution in [1.29, 1.82) is 0 Å². The van der Waals surface area contributed by atoms with Gasteiger partial charge < -0.3 is 10.5 Å². The van der Waals surface area contributed by atoms with E-state index in [4.69, 9.17) is 10.5 Å². The van der Waals surface area contributed by atoms with Gasteiger partial charge in [0.1, 0.15) is 5.75 Å². The summed E-state index contributed by atoms with van der Waals surface area (Å²) in [5.74, 6) is 0.322. The third-order valence-electron chi connectivity index (χ3n) is 2.81. The number of ether oxygens (including phenoxy) is 1. The lowest BCUT2D eigenvalue weighted by Crippen LogP contribution is -2.16. The van der Waals surface area contributed by atoms with Crippen molar-refractivity contribution in [2.45, 2.75) is 13.8 Å². The maximum atomic E-state index is 12.0. The third-order valence-corrected chi connectivity index (χ3v) is 2.81. The molecule has 0 saturated carbocycles. The zero-order chi connectivity index (χ0) is 14.7. The second-order valence-corrected chi connectivity index (χ2v) is 4.22. The van der Waals surface area contributed by atoms with Crippen molar-refractivity contribution in [2.75, 3.05) is 18.2 Å². The van der Waals surface area contributed by atoms with E-state index in [1.165, 1.54) is 13.2 Å². The maximum absolute atomic E-state index is 12.0. The van der Waals surface area contributed by atoms with Gasteiger partial charge in [0, 0.05) is 5.56 Å². The first-order chi connectivity index (χ1) is 9.51. The van der Waals surface area contributed by atoms with Gasteiger partial charge in [0.25, 0.3) is 5.91 Å². The van der Waals surface area contributed by atoms with Crippen LogP contribution in [0.15, 0.2) is 18.2 Å². The highest BCUT2D eigenvalue weighted by atomic mass is 16.5. The molecule has 0 saturated heterocycles. The van der Waals surface area contributed by atoms with Crippen LogP contribution in [0.25, 0.3) is 0 Å². The molecule has 1 amide bonds. The number of rotatable bonds is 3. The van der Waals surface area contributed by atoms with Crippen LogP contribution in [0.1, 0.15) is 21.7 Å². The first-order valence-electron chi connectivity index (χ1n) is 5.94. The molecule has 2 aromatic rings. The van der Waals surface area contributed by atoms with Crippen LogP contribution in [-0.4, -0.2) is 28.2 Å². The summed E-state index contributed by atoms with van der Waals surface area (Å²) in [6, 6.07) is 4.77. The minimum Gasteiger partial charge on any atom is -0.495 e. The number of anilines is 2. The van der Waals surface area contributed by atoms with Gasteiger partial charge in [0.15, 0.2) is 0 Å². The van der Waals surface area contributed by atoms with Crippen molar-refractivity contribution in [1.82, 2.24) is 15.2 Å². The summed E-state index contributed by atoms with van der Waals surface area (Å²) in [7, 11) is 1.51. The van der Waals surface area contributed by atoms with Gasteiger partial charge >= 0.3 is 0 Å². The zero-order valence-electron chi connectivity index (χ0n) is 11.5. The number of aromatic nitrogens is 3. The lowest BCUT2D eigenvalue weighted by molar-refractivity contribution is 0.102. The number of amides is 1. The lowest BCUT2D eigenvalue weighted by atomic mass is 10.2. The summed E-state index contributed by atoms with van der Waals surface area (Å²) in [4.78, 5) is 16.2. The molecule has 0 aliphatic carbocycles. The van der Waals surface area contributed by atoms with Gasteiger partial charge in [0.2, 0.25) is 5.95 Å². The van der Waals surface area contributed by atoms with Crippen LogP contribution < -0.4 is 15.8 Å². The van der Waals surface area contributed by atoms with Crippen molar-refractivity contribution < 1.29 is 9.53 Å². The maximum Gasteiger partial charge on any atom is 0.258 e. The highest BCUT2D eigenvalue weighted by Crippen LogP contribution is 2.22. The van der Waals surface area contributed by atoms with Crippen molar-refractivity contribution in [3.63, 3.8) is 0 Å². The topological polar surface area (TPSA) is 103 Å². The highest BCUT2D eigenvalue weighted by Gasteiger charge is 2.11. The number of nitrogens with one attached hydrogen (secondary N) is 1. The van der Waals surface area contributed by atoms with E-state index in [9.17, 15) is 4.79 Å². The predicted molar refractivity (Wildman–Crippen MR) is 74.7 cm³/mol. The SMILES string of the molecule is COc1ccc(C(=O)Nc2nnc(C)c(C)n2)cc1N. The molecule has 0 aliphatic heterocycles. The standard InChI is InChI=1S/C13H15N5O2/c1-7-8(2)17-18-13(15-7)16-12(19)9-4-5-11(20-3)10(14)6-9/h4-6H,14H2,1-3H3,(H,15,16,18,19). The molecule has 104 valence electrons. The molecular formula is C13H15N5O2. The van der Waals surface area contributed by atoms with Crippen LogP contribution in [-0.2, 0) is 0 Å². The summed E-state index contributed by atoms with van der Waals surface area (Å²) in [5.41, 5.74) is 7.97. The Balaban J connectivity index is 2.19. The molecule has 1 aromatic heterocycles. The Morgan fingerprint density at radius 2 is 2.00 bits per heavy atom. The first kappa shape index (κ1) is 13.7. The summed E-state index contributed by atoms with van der Waals surface area (Å²) in [5, 5.41) is 10.3. The van der Waals surface area contributed by atoms with Crippen LogP contribution in [0.2, 0.25) is 0 Å². The number of carbonyl (C=O) groups excluding carboxylic acids is 1. The van der Waals surface area contributed by atoms with Gasteiger partial charge in [-0.25, -0.2) is 4.98 Å². The van der Waals surface area contributed by atoms with E-state index in [1.54, 1.807) is 26.0 Å². The van der Waals surface area contributed by atoms with Crippen LogP contribution in [0, 0.1) is 13.8 Å².